The van der Waals surface area contributed by atoms with Crippen LogP contribution in [0.3, 0.4) is 0 Å². The Morgan fingerprint density at radius 3 is 3.15 bits per heavy atom. The number of nitrogens with zero attached hydrogens (tertiary/aromatic N) is 1. The van der Waals surface area contributed by atoms with Gasteiger partial charge in [0.15, 0.2) is 5.75 Å². The van der Waals surface area contributed by atoms with Crippen molar-refractivity contribution < 1.29 is 9.63 Å². The van der Waals surface area contributed by atoms with Gasteiger partial charge in [-0.2, -0.15) is 5.06 Å². The van der Waals surface area contributed by atoms with Gasteiger partial charge in [0.05, 0.1) is 6.04 Å². The fraction of sp³-hybridized carbons (Fsp3) is 0.300. The Labute approximate surface area is 75.9 Å². The first kappa shape index (κ1) is 6.95. The lowest BCUT2D eigenvalue weighted by atomic mass is 10.1. The molecule has 0 aromatic heterocycles. The van der Waals surface area contributed by atoms with Gasteiger partial charge in [-0.15, -0.1) is 0 Å². The maximum atomic E-state index is 11.3. The maximum Gasteiger partial charge on any atom is 0.255 e. The van der Waals surface area contributed by atoms with Crippen LogP contribution in [-0.2, 0) is 4.79 Å². The monoisotopic (exact) mass is 175 g/mol. The smallest absolute Gasteiger partial charge is 0.255 e. The second kappa shape index (κ2) is 2.25. The third-order valence-electron chi connectivity index (χ3n) is 2.64. The molecule has 1 atom stereocenters. The van der Waals surface area contributed by atoms with E-state index in [-0.39, 0.29) is 11.9 Å². The van der Waals surface area contributed by atoms with Crippen molar-refractivity contribution in [3.8, 4) is 5.75 Å². The number of carbonyl (C=O) groups is 1. The molecular weight excluding hydrogens is 166 g/mol. The van der Waals surface area contributed by atoms with Crippen LogP contribution in [0.15, 0.2) is 24.3 Å². The zero-order valence-electron chi connectivity index (χ0n) is 7.06. The molecule has 1 aromatic carbocycles. The summed E-state index contributed by atoms with van der Waals surface area (Å²) in [5, 5.41) is 1.50. The summed E-state index contributed by atoms with van der Waals surface area (Å²) < 4.78 is 0. The number of amides is 1. The zero-order chi connectivity index (χ0) is 8.84. The molecule has 0 saturated carbocycles. The summed E-state index contributed by atoms with van der Waals surface area (Å²) in [6.45, 7) is 0. The molecule has 0 radical (unpaired) electrons. The van der Waals surface area contributed by atoms with Crippen LogP contribution in [0.4, 0.5) is 0 Å². The Hall–Kier alpha value is -1.51. The Bertz CT molecular complexity index is 375. The van der Waals surface area contributed by atoms with Gasteiger partial charge in [0, 0.05) is 12.0 Å². The van der Waals surface area contributed by atoms with E-state index in [4.69, 9.17) is 4.84 Å². The molecule has 3 heteroatoms. The van der Waals surface area contributed by atoms with Crippen LogP contribution in [0.2, 0.25) is 0 Å². The van der Waals surface area contributed by atoms with E-state index < -0.39 is 0 Å². The van der Waals surface area contributed by atoms with Crippen molar-refractivity contribution in [3.05, 3.63) is 29.8 Å². The predicted molar refractivity (Wildman–Crippen MR) is 45.9 cm³/mol. The van der Waals surface area contributed by atoms with E-state index in [1.807, 2.05) is 24.3 Å². The van der Waals surface area contributed by atoms with Crippen LogP contribution < -0.4 is 4.84 Å². The van der Waals surface area contributed by atoms with Crippen molar-refractivity contribution in [1.29, 1.82) is 0 Å². The molecule has 0 aliphatic carbocycles. The van der Waals surface area contributed by atoms with Gasteiger partial charge >= 0.3 is 0 Å². The maximum absolute atomic E-state index is 11.3. The molecule has 3 rings (SSSR count). The molecule has 13 heavy (non-hydrogen) atoms. The third kappa shape index (κ3) is 0.813. The van der Waals surface area contributed by atoms with Crippen molar-refractivity contribution in [2.75, 3.05) is 0 Å². The molecule has 0 bridgehead atoms. The quantitative estimate of drug-likeness (QED) is 0.600. The molecule has 2 heterocycles. The highest BCUT2D eigenvalue weighted by atomic mass is 16.7. The molecule has 66 valence electrons. The minimum atomic E-state index is 0.0983. The Kier molecular flexibility index (Phi) is 1.20. The Balaban J connectivity index is 2.09. The SMILES string of the molecule is O=C1CCC2c3ccccc3ON12. The van der Waals surface area contributed by atoms with Gasteiger partial charge in [0.25, 0.3) is 5.91 Å². The summed E-state index contributed by atoms with van der Waals surface area (Å²) in [4.78, 5) is 16.8. The molecule has 1 saturated heterocycles. The first-order valence-electron chi connectivity index (χ1n) is 4.45. The summed E-state index contributed by atoms with van der Waals surface area (Å²) in [6.07, 6.45) is 1.49. The number of carbonyl (C=O) groups excluding carboxylic acids is 1. The predicted octanol–water partition coefficient (Wildman–Crippen LogP) is 1.66. The van der Waals surface area contributed by atoms with Gasteiger partial charge < -0.3 is 4.84 Å². The molecular formula is C10H9NO2. The van der Waals surface area contributed by atoms with Crippen molar-refractivity contribution in [1.82, 2.24) is 5.06 Å². The molecule has 0 N–H and O–H groups in total. The van der Waals surface area contributed by atoms with Gasteiger partial charge in [0.1, 0.15) is 0 Å². The summed E-state index contributed by atoms with van der Waals surface area (Å²) in [5.41, 5.74) is 1.15. The normalized spacial score (nSPS) is 24.2. The summed E-state index contributed by atoms with van der Waals surface area (Å²) in [7, 11) is 0. The summed E-state index contributed by atoms with van der Waals surface area (Å²) in [6, 6.07) is 8.00. The van der Waals surface area contributed by atoms with Crippen molar-refractivity contribution in [3.63, 3.8) is 0 Å². The van der Waals surface area contributed by atoms with Crippen molar-refractivity contribution in [2.45, 2.75) is 18.9 Å². The van der Waals surface area contributed by atoms with Crippen LogP contribution in [0.5, 0.6) is 5.75 Å². The van der Waals surface area contributed by atoms with E-state index in [2.05, 4.69) is 0 Å². The highest BCUT2D eigenvalue weighted by Crippen LogP contribution is 2.43. The van der Waals surface area contributed by atoms with Crippen LogP contribution in [0.1, 0.15) is 24.4 Å². The highest BCUT2D eigenvalue weighted by Gasteiger charge is 2.40. The molecule has 0 spiro atoms. The number of hydrogen-bond acceptors (Lipinski definition) is 2. The standard InChI is InChI=1S/C10H9NO2/c12-10-6-5-8-7-3-1-2-4-9(7)13-11(8)10/h1-4,8H,5-6H2. The van der Waals surface area contributed by atoms with Gasteiger partial charge in [-0.05, 0) is 12.5 Å². The summed E-state index contributed by atoms with van der Waals surface area (Å²) in [5.74, 6) is 0.932. The van der Waals surface area contributed by atoms with Gasteiger partial charge in [-0.3, -0.25) is 4.79 Å². The van der Waals surface area contributed by atoms with Gasteiger partial charge in [-0.25, -0.2) is 0 Å². The van der Waals surface area contributed by atoms with Crippen LogP contribution in [-0.4, -0.2) is 11.0 Å². The molecule has 2 aliphatic rings. The molecule has 1 aromatic rings. The average Bonchev–Trinajstić information content (AvgIpc) is 2.67. The van der Waals surface area contributed by atoms with Gasteiger partial charge in [0.2, 0.25) is 0 Å². The van der Waals surface area contributed by atoms with Crippen LogP contribution in [0, 0.1) is 0 Å². The second-order valence-corrected chi connectivity index (χ2v) is 3.40. The number of hydroxylamine groups is 2. The van der Waals surface area contributed by atoms with E-state index in [1.54, 1.807) is 0 Å². The zero-order valence-corrected chi connectivity index (χ0v) is 7.06. The number of hydrogen-bond donors (Lipinski definition) is 0. The van der Waals surface area contributed by atoms with E-state index in [9.17, 15) is 4.79 Å². The van der Waals surface area contributed by atoms with Crippen molar-refractivity contribution in [2.24, 2.45) is 0 Å². The number of para-hydroxylation sites is 1. The van der Waals surface area contributed by atoms with Crippen LogP contribution in [0.25, 0.3) is 0 Å². The van der Waals surface area contributed by atoms with Crippen LogP contribution >= 0.6 is 0 Å². The lowest BCUT2D eigenvalue weighted by Crippen LogP contribution is -2.25. The number of benzene rings is 1. The average molecular weight is 175 g/mol. The molecule has 1 fully saturated rings. The minimum Gasteiger partial charge on any atom is -0.376 e. The van der Waals surface area contributed by atoms with E-state index in [0.29, 0.717) is 6.42 Å². The summed E-state index contributed by atoms with van der Waals surface area (Å²) >= 11 is 0. The number of fused-ring (bicyclic) bond motifs is 3. The fourth-order valence-electron chi connectivity index (χ4n) is 2.00. The van der Waals surface area contributed by atoms with Gasteiger partial charge in [-0.1, -0.05) is 18.2 Å². The molecule has 3 nitrogen and oxygen atoms in total. The Morgan fingerprint density at radius 1 is 1.38 bits per heavy atom. The third-order valence-corrected chi connectivity index (χ3v) is 2.64. The minimum absolute atomic E-state index is 0.0983. The van der Waals surface area contributed by atoms with E-state index in [0.717, 1.165) is 17.7 Å². The van der Waals surface area contributed by atoms with E-state index in [1.165, 1.54) is 5.06 Å². The Morgan fingerprint density at radius 2 is 2.23 bits per heavy atom. The molecule has 1 amide bonds. The first-order valence-corrected chi connectivity index (χ1v) is 4.45. The second-order valence-electron chi connectivity index (χ2n) is 3.40. The molecule has 1 unspecified atom stereocenters. The molecule has 2 aliphatic heterocycles. The number of rotatable bonds is 0. The lowest BCUT2D eigenvalue weighted by molar-refractivity contribution is -0.152. The fourth-order valence-corrected chi connectivity index (χ4v) is 2.00. The van der Waals surface area contributed by atoms with Crippen molar-refractivity contribution >= 4 is 5.91 Å². The first-order chi connectivity index (χ1) is 6.36. The largest absolute Gasteiger partial charge is 0.376 e. The lowest BCUT2D eigenvalue weighted by Gasteiger charge is -2.12. The topological polar surface area (TPSA) is 29.5 Å². The van der Waals surface area contributed by atoms with E-state index >= 15 is 0 Å². The highest BCUT2D eigenvalue weighted by molar-refractivity contribution is 5.79.